The number of hydrogen-bond donors (Lipinski definition) is 1. The zero-order valence-electron chi connectivity index (χ0n) is 13.6. The van der Waals surface area contributed by atoms with Crippen molar-refractivity contribution in [2.24, 2.45) is 5.92 Å². The van der Waals surface area contributed by atoms with Crippen molar-refractivity contribution in [1.29, 1.82) is 0 Å². The van der Waals surface area contributed by atoms with Crippen molar-refractivity contribution < 1.29 is 17.9 Å². The second kappa shape index (κ2) is 8.23. The summed E-state index contributed by atoms with van der Waals surface area (Å²) in [6.07, 6.45) is 1.92. The largest absolute Gasteiger partial charge is 0.379 e. The van der Waals surface area contributed by atoms with Crippen molar-refractivity contribution in [2.45, 2.75) is 31.6 Å². The number of nitrogens with zero attached hydrogens (tertiary/aromatic N) is 1. The van der Waals surface area contributed by atoms with Crippen molar-refractivity contribution in [3.8, 4) is 0 Å². The van der Waals surface area contributed by atoms with Crippen LogP contribution in [-0.4, -0.2) is 51.5 Å². The minimum absolute atomic E-state index is 0.103. The van der Waals surface area contributed by atoms with E-state index in [-0.39, 0.29) is 15.7 Å². The summed E-state index contributed by atoms with van der Waals surface area (Å²) in [5.74, 6) is 0.279. The summed E-state index contributed by atoms with van der Waals surface area (Å²) < 4.78 is 32.0. The molecule has 2 heterocycles. The summed E-state index contributed by atoms with van der Waals surface area (Å²) in [5, 5.41) is 4.47. The van der Waals surface area contributed by atoms with E-state index in [4.69, 9.17) is 4.74 Å². The van der Waals surface area contributed by atoms with E-state index in [0.29, 0.717) is 38.8 Å². The van der Waals surface area contributed by atoms with Gasteiger partial charge in [0.1, 0.15) is 9.77 Å². The molecule has 0 spiro atoms. The van der Waals surface area contributed by atoms with Crippen LogP contribution in [0.25, 0.3) is 0 Å². The van der Waals surface area contributed by atoms with E-state index in [1.807, 2.05) is 0 Å². The van der Waals surface area contributed by atoms with Gasteiger partial charge in [-0.3, -0.25) is 4.79 Å². The molecule has 0 radical (unpaired) electrons. The minimum atomic E-state index is -3.64. The molecule has 130 valence electrons. The van der Waals surface area contributed by atoms with Crippen LogP contribution in [0.5, 0.6) is 0 Å². The molecule has 0 atom stereocenters. The maximum atomic E-state index is 12.7. The van der Waals surface area contributed by atoms with Gasteiger partial charge in [0.15, 0.2) is 0 Å². The van der Waals surface area contributed by atoms with Crippen LogP contribution in [0.3, 0.4) is 0 Å². The first-order valence-corrected chi connectivity index (χ1v) is 10.2. The quantitative estimate of drug-likeness (QED) is 0.754. The summed E-state index contributed by atoms with van der Waals surface area (Å²) in [4.78, 5) is 12.7. The number of rotatable bonds is 7. The lowest BCUT2D eigenvalue weighted by molar-refractivity contribution is 0.0730. The standard InChI is InChI=1S/C15H24N2O4S2/c1-12(2)4-3-6-16-15(18)14-13(5-11-22-14)23(19,20)17-7-9-21-10-8-17/h5,11-12H,3-4,6-10H2,1-2H3,(H,16,18). The van der Waals surface area contributed by atoms with Gasteiger partial charge in [-0.2, -0.15) is 4.31 Å². The number of nitrogens with one attached hydrogen (secondary N) is 1. The Balaban J connectivity index is 2.04. The van der Waals surface area contributed by atoms with Gasteiger partial charge in [0, 0.05) is 19.6 Å². The number of ether oxygens (including phenoxy) is 1. The molecule has 1 aliphatic rings. The second-order valence-electron chi connectivity index (χ2n) is 5.92. The fourth-order valence-corrected chi connectivity index (χ4v) is 5.11. The molecular formula is C15H24N2O4S2. The topological polar surface area (TPSA) is 75.7 Å². The average Bonchev–Trinajstić information content (AvgIpc) is 3.02. The highest BCUT2D eigenvalue weighted by Crippen LogP contribution is 2.25. The summed E-state index contributed by atoms with van der Waals surface area (Å²) >= 11 is 1.16. The Morgan fingerprint density at radius 3 is 2.74 bits per heavy atom. The second-order valence-corrected chi connectivity index (χ2v) is 8.74. The molecule has 1 saturated heterocycles. The van der Waals surface area contributed by atoms with Crippen LogP contribution in [0.4, 0.5) is 0 Å². The maximum Gasteiger partial charge on any atom is 0.262 e. The molecule has 6 nitrogen and oxygen atoms in total. The highest BCUT2D eigenvalue weighted by molar-refractivity contribution is 7.89. The number of amides is 1. The van der Waals surface area contributed by atoms with Crippen LogP contribution >= 0.6 is 11.3 Å². The lowest BCUT2D eigenvalue weighted by atomic mass is 10.1. The van der Waals surface area contributed by atoms with Gasteiger partial charge in [-0.1, -0.05) is 13.8 Å². The van der Waals surface area contributed by atoms with E-state index >= 15 is 0 Å². The molecular weight excluding hydrogens is 336 g/mol. The Morgan fingerprint density at radius 1 is 1.39 bits per heavy atom. The molecule has 0 bridgehead atoms. The third-order valence-corrected chi connectivity index (χ3v) is 6.65. The summed E-state index contributed by atoms with van der Waals surface area (Å²) in [6, 6.07) is 1.51. The third kappa shape index (κ3) is 4.76. The van der Waals surface area contributed by atoms with Gasteiger partial charge in [-0.25, -0.2) is 8.42 Å². The van der Waals surface area contributed by atoms with Crippen LogP contribution in [0.1, 0.15) is 36.4 Å². The van der Waals surface area contributed by atoms with Gasteiger partial charge in [-0.05, 0) is 30.2 Å². The molecule has 1 fully saturated rings. The predicted molar refractivity (Wildman–Crippen MR) is 90.3 cm³/mol. The SMILES string of the molecule is CC(C)CCCNC(=O)c1sccc1S(=O)(=O)N1CCOCC1. The van der Waals surface area contributed by atoms with E-state index in [2.05, 4.69) is 19.2 Å². The van der Waals surface area contributed by atoms with Gasteiger partial charge >= 0.3 is 0 Å². The molecule has 1 aliphatic heterocycles. The zero-order chi connectivity index (χ0) is 16.9. The Morgan fingerprint density at radius 2 is 2.09 bits per heavy atom. The molecule has 1 N–H and O–H groups in total. The predicted octanol–water partition coefficient (Wildman–Crippen LogP) is 1.94. The average molecular weight is 361 g/mol. The first-order chi connectivity index (χ1) is 10.9. The summed E-state index contributed by atoms with van der Waals surface area (Å²) in [7, 11) is -3.64. The molecule has 1 aromatic heterocycles. The van der Waals surface area contributed by atoms with Crippen LogP contribution in [0.15, 0.2) is 16.3 Å². The minimum Gasteiger partial charge on any atom is -0.379 e. The molecule has 8 heteroatoms. The van der Waals surface area contributed by atoms with Crippen LogP contribution in [0, 0.1) is 5.92 Å². The van der Waals surface area contributed by atoms with E-state index in [0.717, 1.165) is 24.2 Å². The molecule has 0 saturated carbocycles. The third-order valence-electron chi connectivity index (χ3n) is 3.67. The van der Waals surface area contributed by atoms with Gasteiger partial charge in [0.25, 0.3) is 5.91 Å². The summed E-state index contributed by atoms with van der Waals surface area (Å²) in [6.45, 7) is 6.26. The number of carbonyl (C=O) groups is 1. The Bertz CT molecular complexity index is 619. The molecule has 1 aromatic rings. The Labute approximate surface area is 141 Å². The lowest BCUT2D eigenvalue weighted by Gasteiger charge is -2.26. The monoisotopic (exact) mass is 360 g/mol. The first kappa shape index (κ1) is 18.4. The number of hydrogen-bond acceptors (Lipinski definition) is 5. The van der Waals surface area contributed by atoms with Gasteiger partial charge in [0.2, 0.25) is 10.0 Å². The lowest BCUT2D eigenvalue weighted by Crippen LogP contribution is -2.41. The van der Waals surface area contributed by atoms with Crippen molar-refractivity contribution in [3.63, 3.8) is 0 Å². The van der Waals surface area contributed by atoms with Crippen molar-refractivity contribution in [1.82, 2.24) is 9.62 Å². The van der Waals surface area contributed by atoms with Gasteiger partial charge in [-0.15, -0.1) is 11.3 Å². The fraction of sp³-hybridized carbons (Fsp3) is 0.667. The molecule has 23 heavy (non-hydrogen) atoms. The Kier molecular flexibility index (Phi) is 6.58. The number of carbonyl (C=O) groups excluding carboxylic acids is 1. The highest BCUT2D eigenvalue weighted by Gasteiger charge is 2.31. The van der Waals surface area contributed by atoms with Crippen LogP contribution in [-0.2, 0) is 14.8 Å². The van der Waals surface area contributed by atoms with Crippen LogP contribution < -0.4 is 5.32 Å². The molecule has 1 amide bonds. The summed E-state index contributed by atoms with van der Waals surface area (Å²) in [5.41, 5.74) is 0. The van der Waals surface area contributed by atoms with Crippen molar-refractivity contribution in [3.05, 3.63) is 16.3 Å². The molecule has 2 rings (SSSR count). The fourth-order valence-electron chi connectivity index (χ4n) is 2.38. The van der Waals surface area contributed by atoms with Crippen molar-refractivity contribution >= 4 is 27.3 Å². The van der Waals surface area contributed by atoms with E-state index in [1.54, 1.807) is 5.38 Å². The van der Waals surface area contributed by atoms with Gasteiger partial charge in [0.05, 0.1) is 13.2 Å². The molecule has 0 aromatic carbocycles. The smallest absolute Gasteiger partial charge is 0.262 e. The zero-order valence-corrected chi connectivity index (χ0v) is 15.2. The van der Waals surface area contributed by atoms with E-state index in [1.165, 1.54) is 10.4 Å². The van der Waals surface area contributed by atoms with Gasteiger partial charge < -0.3 is 10.1 Å². The van der Waals surface area contributed by atoms with E-state index < -0.39 is 10.0 Å². The number of thiophene rings is 1. The number of morpholine rings is 1. The highest BCUT2D eigenvalue weighted by atomic mass is 32.2. The molecule has 0 unspecified atom stereocenters. The molecule has 0 aliphatic carbocycles. The Hall–Kier alpha value is -0.960. The first-order valence-electron chi connectivity index (χ1n) is 7.86. The van der Waals surface area contributed by atoms with E-state index in [9.17, 15) is 13.2 Å². The maximum absolute atomic E-state index is 12.7. The van der Waals surface area contributed by atoms with Crippen molar-refractivity contribution in [2.75, 3.05) is 32.8 Å². The normalized spacial score (nSPS) is 16.7. The van der Waals surface area contributed by atoms with Crippen LogP contribution in [0.2, 0.25) is 0 Å². The number of sulfonamides is 1.